The molecular formula is C16H23NO3. The minimum absolute atomic E-state index is 0.0657. The van der Waals surface area contributed by atoms with Gasteiger partial charge in [-0.05, 0) is 25.3 Å². The lowest BCUT2D eigenvalue weighted by Crippen LogP contribution is -2.33. The van der Waals surface area contributed by atoms with E-state index in [1.807, 2.05) is 38.1 Å². The van der Waals surface area contributed by atoms with Crippen LogP contribution in [-0.4, -0.2) is 35.5 Å². The van der Waals surface area contributed by atoms with Gasteiger partial charge in [0, 0.05) is 25.9 Å². The average molecular weight is 277 g/mol. The molecule has 0 bridgehead atoms. The predicted molar refractivity (Wildman–Crippen MR) is 78.6 cm³/mol. The summed E-state index contributed by atoms with van der Waals surface area (Å²) in [7, 11) is 1.73. The molecule has 1 N–H and O–H groups in total. The first-order chi connectivity index (χ1) is 9.40. The number of aliphatic carboxylic acids is 1. The second-order valence-corrected chi connectivity index (χ2v) is 5.35. The molecule has 110 valence electrons. The molecule has 20 heavy (non-hydrogen) atoms. The molecule has 0 fully saturated rings. The molecule has 0 aliphatic carbocycles. The highest BCUT2D eigenvalue weighted by molar-refractivity contribution is 5.78. The highest BCUT2D eigenvalue weighted by atomic mass is 16.4. The van der Waals surface area contributed by atoms with Gasteiger partial charge < -0.3 is 10.0 Å². The molecule has 0 saturated heterocycles. The van der Waals surface area contributed by atoms with Crippen molar-refractivity contribution in [1.29, 1.82) is 0 Å². The minimum atomic E-state index is -0.821. The third-order valence-electron chi connectivity index (χ3n) is 3.34. The van der Waals surface area contributed by atoms with Crippen molar-refractivity contribution in [1.82, 2.24) is 4.90 Å². The van der Waals surface area contributed by atoms with Crippen LogP contribution in [0.25, 0.3) is 0 Å². The van der Waals surface area contributed by atoms with Gasteiger partial charge in [0.05, 0.1) is 0 Å². The largest absolute Gasteiger partial charge is 0.481 e. The lowest BCUT2D eigenvalue weighted by atomic mass is 9.99. The Balaban J connectivity index is 2.45. The maximum absolute atomic E-state index is 12.2. The normalized spacial score (nSPS) is 11.9. The van der Waals surface area contributed by atoms with Crippen LogP contribution < -0.4 is 0 Å². The molecule has 0 aromatic heterocycles. The second-order valence-electron chi connectivity index (χ2n) is 5.35. The first kappa shape index (κ1) is 16.2. The number of amides is 1. The summed E-state index contributed by atoms with van der Waals surface area (Å²) in [6.45, 7) is 4.44. The molecule has 0 aliphatic rings. The fourth-order valence-corrected chi connectivity index (χ4v) is 2.12. The van der Waals surface area contributed by atoms with Crippen LogP contribution in [0.4, 0.5) is 0 Å². The van der Waals surface area contributed by atoms with Crippen LogP contribution in [-0.2, 0) is 16.0 Å². The predicted octanol–water partition coefficient (Wildman–Crippen LogP) is 2.50. The fourth-order valence-electron chi connectivity index (χ4n) is 2.12. The molecule has 1 rings (SSSR count). The Labute approximate surface area is 120 Å². The number of carboxylic acid groups (broad SMARTS) is 1. The highest BCUT2D eigenvalue weighted by Crippen LogP contribution is 2.12. The lowest BCUT2D eigenvalue weighted by molar-refractivity contribution is -0.138. The number of carbonyl (C=O) groups is 2. The van der Waals surface area contributed by atoms with Crippen LogP contribution in [0, 0.1) is 12.8 Å². The van der Waals surface area contributed by atoms with Gasteiger partial charge in [-0.1, -0.05) is 36.8 Å². The van der Waals surface area contributed by atoms with Gasteiger partial charge >= 0.3 is 5.97 Å². The maximum Gasteiger partial charge on any atom is 0.303 e. The van der Waals surface area contributed by atoms with E-state index in [0.29, 0.717) is 19.4 Å². The number of hydrogen-bond donors (Lipinski definition) is 1. The number of hydrogen-bond acceptors (Lipinski definition) is 2. The van der Waals surface area contributed by atoms with Crippen molar-refractivity contribution in [3.05, 3.63) is 35.4 Å². The van der Waals surface area contributed by atoms with E-state index in [-0.39, 0.29) is 18.2 Å². The molecule has 1 aromatic rings. The molecule has 0 aliphatic heterocycles. The van der Waals surface area contributed by atoms with E-state index < -0.39 is 5.97 Å². The number of benzene rings is 1. The van der Waals surface area contributed by atoms with E-state index in [0.717, 1.165) is 5.56 Å². The summed E-state index contributed by atoms with van der Waals surface area (Å²) in [4.78, 5) is 24.2. The second kappa shape index (κ2) is 7.68. The molecule has 0 saturated carbocycles. The Morgan fingerprint density at radius 3 is 2.40 bits per heavy atom. The van der Waals surface area contributed by atoms with E-state index in [9.17, 15) is 9.59 Å². The van der Waals surface area contributed by atoms with Crippen LogP contribution in [0.5, 0.6) is 0 Å². The lowest BCUT2D eigenvalue weighted by Gasteiger charge is -2.21. The molecule has 1 unspecified atom stereocenters. The Hall–Kier alpha value is -1.84. The Kier molecular flexibility index (Phi) is 6.22. The number of carboxylic acids is 1. The summed E-state index contributed by atoms with van der Waals surface area (Å²) < 4.78 is 0. The van der Waals surface area contributed by atoms with Crippen molar-refractivity contribution in [2.24, 2.45) is 5.92 Å². The average Bonchev–Trinajstić information content (AvgIpc) is 2.39. The summed E-state index contributed by atoms with van der Waals surface area (Å²) in [5, 5.41) is 8.59. The first-order valence-corrected chi connectivity index (χ1v) is 6.92. The van der Waals surface area contributed by atoms with Gasteiger partial charge in [-0.3, -0.25) is 9.59 Å². The topological polar surface area (TPSA) is 57.6 Å². The molecular weight excluding hydrogens is 254 g/mol. The maximum atomic E-state index is 12.2. The van der Waals surface area contributed by atoms with Crippen LogP contribution in [0.2, 0.25) is 0 Å². The quantitative estimate of drug-likeness (QED) is 0.833. The molecule has 1 aromatic carbocycles. The minimum Gasteiger partial charge on any atom is -0.481 e. The van der Waals surface area contributed by atoms with Gasteiger partial charge in [-0.25, -0.2) is 0 Å². The summed E-state index contributed by atoms with van der Waals surface area (Å²) in [5.74, 6) is -0.845. The smallest absolute Gasteiger partial charge is 0.303 e. The Morgan fingerprint density at radius 1 is 1.25 bits per heavy atom. The third-order valence-corrected chi connectivity index (χ3v) is 3.34. The van der Waals surface area contributed by atoms with E-state index in [2.05, 4.69) is 0 Å². The highest BCUT2D eigenvalue weighted by Gasteiger charge is 2.17. The SMILES string of the molecule is Cc1ccc(CC(C)C(=O)N(C)CCCC(=O)O)cc1. The summed E-state index contributed by atoms with van der Waals surface area (Å²) in [6.07, 6.45) is 1.31. The van der Waals surface area contributed by atoms with Crippen molar-refractivity contribution in [2.45, 2.75) is 33.1 Å². The zero-order valence-corrected chi connectivity index (χ0v) is 12.4. The first-order valence-electron chi connectivity index (χ1n) is 6.92. The molecule has 1 atom stereocenters. The Bertz CT molecular complexity index is 453. The van der Waals surface area contributed by atoms with Gasteiger partial charge in [0.25, 0.3) is 0 Å². The Morgan fingerprint density at radius 2 is 1.85 bits per heavy atom. The zero-order valence-electron chi connectivity index (χ0n) is 12.4. The number of carbonyl (C=O) groups excluding carboxylic acids is 1. The van der Waals surface area contributed by atoms with Crippen molar-refractivity contribution >= 4 is 11.9 Å². The monoisotopic (exact) mass is 277 g/mol. The van der Waals surface area contributed by atoms with Gasteiger partial charge in [0.15, 0.2) is 0 Å². The van der Waals surface area contributed by atoms with Crippen LogP contribution in [0.3, 0.4) is 0 Å². The summed E-state index contributed by atoms with van der Waals surface area (Å²) >= 11 is 0. The van der Waals surface area contributed by atoms with Gasteiger partial charge in [-0.2, -0.15) is 0 Å². The van der Waals surface area contributed by atoms with Gasteiger partial charge in [-0.15, -0.1) is 0 Å². The van der Waals surface area contributed by atoms with Crippen molar-refractivity contribution in [2.75, 3.05) is 13.6 Å². The van der Waals surface area contributed by atoms with Crippen LogP contribution in [0.1, 0.15) is 30.9 Å². The van der Waals surface area contributed by atoms with E-state index >= 15 is 0 Å². The molecule has 0 spiro atoms. The molecule has 4 nitrogen and oxygen atoms in total. The van der Waals surface area contributed by atoms with Crippen molar-refractivity contribution in [3.63, 3.8) is 0 Å². The number of rotatable bonds is 7. The van der Waals surface area contributed by atoms with Crippen molar-refractivity contribution < 1.29 is 14.7 Å². The zero-order chi connectivity index (χ0) is 15.1. The molecule has 0 heterocycles. The van der Waals surface area contributed by atoms with E-state index in [4.69, 9.17) is 5.11 Å². The van der Waals surface area contributed by atoms with Crippen LogP contribution >= 0.6 is 0 Å². The number of nitrogens with zero attached hydrogens (tertiary/aromatic N) is 1. The van der Waals surface area contributed by atoms with Crippen molar-refractivity contribution in [3.8, 4) is 0 Å². The van der Waals surface area contributed by atoms with Gasteiger partial charge in [0.2, 0.25) is 5.91 Å². The van der Waals surface area contributed by atoms with Gasteiger partial charge in [0.1, 0.15) is 0 Å². The van der Waals surface area contributed by atoms with E-state index in [1.54, 1.807) is 11.9 Å². The summed E-state index contributed by atoms with van der Waals surface area (Å²) in [6, 6.07) is 8.18. The summed E-state index contributed by atoms with van der Waals surface area (Å²) in [5.41, 5.74) is 2.36. The standard InChI is InChI=1S/C16H23NO3/c1-12-6-8-14(9-7-12)11-13(2)16(20)17(3)10-4-5-15(18)19/h6-9,13H,4-5,10-11H2,1-3H3,(H,18,19). The number of aryl methyl sites for hydroxylation is 1. The van der Waals surface area contributed by atoms with Crippen LogP contribution in [0.15, 0.2) is 24.3 Å². The third kappa shape index (κ3) is 5.43. The molecule has 1 amide bonds. The fraction of sp³-hybridized carbons (Fsp3) is 0.500. The molecule has 4 heteroatoms. The molecule has 0 radical (unpaired) electrons. The van der Waals surface area contributed by atoms with E-state index in [1.165, 1.54) is 5.56 Å².